The summed E-state index contributed by atoms with van der Waals surface area (Å²) in [6, 6.07) is 1.85. The van der Waals surface area contributed by atoms with E-state index in [0.29, 0.717) is 16.8 Å². The van der Waals surface area contributed by atoms with E-state index in [4.69, 9.17) is 17.3 Å². The lowest BCUT2D eigenvalue weighted by Gasteiger charge is -2.11. The van der Waals surface area contributed by atoms with Gasteiger partial charge in [0.15, 0.2) is 5.15 Å². The van der Waals surface area contributed by atoms with Crippen molar-refractivity contribution in [3.63, 3.8) is 0 Å². The maximum atomic E-state index is 5.91. The van der Waals surface area contributed by atoms with Gasteiger partial charge in [-0.2, -0.15) is 0 Å². The minimum Gasteiger partial charge on any atom is -0.396 e. The first kappa shape index (κ1) is 10.2. The number of nitrogens with zero attached hydrogens (tertiary/aromatic N) is 1. The summed E-state index contributed by atoms with van der Waals surface area (Å²) < 4.78 is 0.992. The number of nitrogens with two attached hydrogens (primary N) is 1. The van der Waals surface area contributed by atoms with Crippen molar-refractivity contribution < 1.29 is 0 Å². The third-order valence-corrected chi connectivity index (χ3v) is 3.66. The van der Waals surface area contributed by atoms with Crippen molar-refractivity contribution in [1.29, 1.82) is 0 Å². The molecule has 0 radical (unpaired) electrons. The molecule has 0 amide bonds. The van der Waals surface area contributed by atoms with Crippen LogP contribution in [0, 0.1) is 0 Å². The minimum atomic E-state index is 0.426. The molecule has 0 bridgehead atoms. The van der Waals surface area contributed by atoms with E-state index in [1.165, 1.54) is 25.7 Å². The fourth-order valence-electron chi connectivity index (χ4n) is 1.98. The molecule has 0 unspecified atom stereocenters. The van der Waals surface area contributed by atoms with Crippen LogP contribution in [0.3, 0.4) is 0 Å². The maximum absolute atomic E-state index is 5.91. The zero-order chi connectivity index (χ0) is 10.1. The molecule has 1 heterocycles. The number of rotatable bonds is 1. The monoisotopic (exact) mass is 274 g/mol. The predicted molar refractivity (Wildman–Crippen MR) is 62.6 cm³/mol. The molecule has 4 heteroatoms. The summed E-state index contributed by atoms with van der Waals surface area (Å²) in [6.45, 7) is 0. The molecule has 1 saturated carbocycles. The Morgan fingerprint density at radius 2 is 2.07 bits per heavy atom. The van der Waals surface area contributed by atoms with Gasteiger partial charge < -0.3 is 5.73 Å². The molecule has 1 aromatic heterocycles. The van der Waals surface area contributed by atoms with Gasteiger partial charge in [0.25, 0.3) is 0 Å². The smallest absolute Gasteiger partial charge is 0.152 e. The number of anilines is 1. The second kappa shape index (κ2) is 4.07. The van der Waals surface area contributed by atoms with E-state index in [1.807, 2.05) is 6.07 Å². The molecule has 14 heavy (non-hydrogen) atoms. The summed E-state index contributed by atoms with van der Waals surface area (Å²) in [4.78, 5) is 4.35. The molecule has 0 aromatic carbocycles. The Morgan fingerprint density at radius 1 is 1.43 bits per heavy atom. The first-order chi connectivity index (χ1) is 6.68. The van der Waals surface area contributed by atoms with E-state index in [-0.39, 0.29) is 0 Å². The Kier molecular flexibility index (Phi) is 2.98. The van der Waals surface area contributed by atoms with Gasteiger partial charge in [-0.15, -0.1) is 0 Å². The average molecular weight is 276 g/mol. The average Bonchev–Trinajstić information content (AvgIpc) is 2.64. The standard InChI is InChI=1S/C10H12BrClN2/c11-7-5-8(13)10(12)14-9(7)6-3-1-2-4-6/h5-6H,1-4,13H2. The Balaban J connectivity index is 2.37. The van der Waals surface area contributed by atoms with Gasteiger partial charge in [-0.3, -0.25) is 0 Å². The lowest BCUT2D eigenvalue weighted by Crippen LogP contribution is -2.00. The van der Waals surface area contributed by atoms with Gasteiger partial charge in [-0.1, -0.05) is 24.4 Å². The van der Waals surface area contributed by atoms with E-state index < -0.39 is 0 Å². The van der Waals surface area contributed by atoms with Gasteiger partial charge in [0, 0.05) is 10.4 Å². The fraction of sp³-hybridized carbons (Fsp3) is 0.500. The lowest BCUT2D eigenvalue weighted by atomic mass is 10.0. The molecule has 1 fully saturated rings. The van der Waals surface area contributed by atoms with Crippen LogP contribution in [0.4, 0.5) is 5.69 Å². The Morgan fingerprint density at radius 3 is 2.71 bits per heavy atom. The first-order valence-corrected chi connectivity index (χ1v) is 5.97. The Bertz CT molecular complexity index is 348. The number of pyridine rings is 1. The minimum absolute atomic E-state index is 0.426. The van der Waals surface area contributed by atoms with Crippen LogP contribution >= 0.6 is 27.5 Å². The molecule has 0 aliphatic heterocycles. The highest BCUT2D eigenvalue weighted by Gasteiger charge is 2.21. The highest BCUT2D eigenvalue weighted by molar-refractivity contribution is 9.10. The number of halogens is 2. The van der Waals surface area contributed by atoms with Gasteiger partial charge in [0.1, 0.15) is 0 Å². The summed E-state index contributed by atoms with van der Waals surface area (Å²) in [5.74, 6) is 0.558. The molecule has 2 rings (SSSR count). The number of aromatic nitrogens is 1. The van der Waals surface area contributed by atoms with Gasteiger partial charge in [-0.25, -0.2) is 4.98 Å². The van der Waals surface area contributed by atoms with Crippen molar-refractivity contribution in [3.05, 3.63) is 21.4 Å². The summed E-state index contributed by atoms with van der Waals surface area (Å²) in [7, 11) is 0. The molecule has 0 saturated heterocycles. The summed E-state index contributed by atoms with van der Waals surface area (Å²) in [6.07, 6.45) is 5.01. The van der Waals surface area contributed by atoms with Crippen molar-refractivity contribution >= 4 is 33.2 Å². The molecule has 1 aliphatic carbocycles. The molecule has 1 aromatic rings. The molecule has 2 N–H and O–H groups in total. The molecular weight excluding hydrogens is 263 g/mol. The second-order valence-electron chi connectivity index (χ2n) is 3.72. The first-order valence-electron chi connectivity index (χ1n) is 4.80. The van der Waals surface area contributed by atoms with Crippen molar-refractivity contribution in [1.82, 2.24) is 4.98 Å². The van der Waals surface area contributed by atoms with Crippen LogP contribution in [0.25, 0.3) is 0 Å². The van der Waals surface area contributed by atoms with E-state index in [0.717, 1.165) is 10.2 Å². The van der Waals surface area contributed by atoms with Gasteiger partial charge in [0.2, 0.25) is 0 Å². The number of hydrogen-bond acceptors (Lipinski definition) is 2. The van der Waals surface area contributed by atoms with Crippen molar-refractivity contribution in [2.75, 3.05) is 5.73 Å². The molecule has 0 atom stereocenters. The van der Waals surface area contributed by atoms with Crippen molar-refractivity contribution in [3.8, 4) is 0 Å². The van der Waals surface area contributed by atoms with Crippen molar-refractivity contribution in [2.24, 2.45) is 0 Å². The normalized spacial score (nSPS) is 17.6. The number of hydrogen-bond donors (Lipinski definition) is 1. The van der Waals surface area contributed by atoms with Crippen LogP contribution in [-0.2, 0) is 0 Å². The third-order valence-electron chi connectivity index (χ3n) is 2.73. The molecular formula is C10H12BrClN2. The van der Waals surface area contributed by atoms with E-state index in [9.17, 15) is 0 Å². The topological polar surface area (TPSA) is 38.9 Å². The maximum Gasteiger partial charge on any atom is 0.152 e. The highest BCUT2D eigenvalue weighted by atomic mass is 79.9. The van der Waals surface area contributed by atoms with Crippen LogP contribution in [0.2, 0.25) is 5.15 Å². The number of nitrogen functional groups attached to an aromatic ring is 1. The van der Waals surface area contributed by atoms with Crippen LogP contribution in [0.15, 0.2) is 10.5 Å². The summed E-state index contributed by atoms with van der Waals surface area (Å²) in [5, 5.41) is 0.426. The molecule has 0 spiro atoms. The highest BCUT2D eigenvalue weighted by Crippen LogP contribution is 2.38. The molecule has 2 nitrogen and oxygen atoms in total. The molecule has 76 valence electrons. The quantitative estimate of drug-likeness (QED) is 0.793. The largest absolute Gasteiger partial charge is 0.396 e. The van der Waals surface area contributed by atoms with Gasteiger partial charge >= 0.3 is 0 Å². The second-order valence-corrected chi connectivity index (χ2v) is 4.93. The Labute approximate surface area is 97.0 Å². The van der Waals surface area contributed by atoms with Gasteiger partial charge in [0.05, 0.1) is 11.4 Å². The zero-order valence-corrected chi connectivity index (χ0v) is 10.1. The van der Waals surface area contributed by atoms with E-state index in [1.54, 1.807) is 0 Å². The summed E-state index contributed by atoms with van der Waals surface area (Å²) in [5.41, 5.74) is 7.28. The van der Waals surface area contributed by atoms with Crippen LogP contribution in [0.1, 0.15) is 37.3 Å². The SMILES string of the molecule is Nc1cc(Br)c(C2CCCC2)nc1Cl. The van der Waals surface area contributed by atoms with E-state index in [2.05, 4.69) is 20.9 Å². The Hall–Kier alpha value is -0.280. The lowest BCUT2D eigenvalue weighted by molar-refractivity contribution is 0.694. The van der Waals surface area contributed by atoms with Gasteiger partial charge in [-0.05, 0) is 34.8 Å². The van der Waals surface area contributed by atoms with Crippen LogP contribution in [-0.4, -0.2) is 4.98 Å². The van der Waals surface area contributed by atoms with Crippen LogP contribution < -0.4 is 5.73 Å². The predicted octanol–water partition coefficient (Wildman–Crippen LogP) is 3.74. The fourth-order valence-corrected chi connectivity index (χ4v) is 2.78. The van der Waals surface area contributed by atoms with Crippen molar-refractivity contribution in [2.45, 2.75) is 31.6 Å². The van der Waals surface area contributed by atoms with E-state index >= 15 is 0 Å². The third kappa shape index (κ3) is 1.89. The zero-order valence-electron chi connectivity index (χ0n) is 7.76. The van der Waals surface area contributed by atoms with Crippen LogP contribution in [0.5, 0.6) is 0 Å². The molecule has 1 aliphatic rings. The summed E-state index contributed by atoms with van der Waals surface area (Å²) >= 11 is 9.40.